The molecule has 0 radical (unpaired) electrons. The van der Waals surface area contributed by atoms with Gasteiger partial charge in [-0.05, 0) is 39.0 Å². The number of fused-ring (bicyclic) bond motifs is 1. The average Bonchev–Trinajstić information content (AvgIpc) is 3.19. The van der Waals surface area contributed by atoms with Crippen LogP contribution in [-0.2, 0) is 4.74 Å². The van der Waals surface area contributed by atoms with Crippen LogP contribution in [0.15, 0.2) is 36.8 Å². The summed E-state index contributed by atoms with van der Waals surface area (Å²) < 4.78 is 11.6. The van der Waals surface area contributed by atoms with Crippen molar-refractivity contribution in [3.8, 4) is 11.5 Å². The Morgan fingerprint density at radius 3 is 2.81 bits per heavy atom. The smallest absolute Gasteiger partial charge is 0.410 e. The van der Waals surface area contributed by atoms with Gasteiger partial charge in [-0.1, -0.05) is 11.6 Å². The number of nitrogens with zero attached hydrogens (tertiary/aromatic N) is 4. The van der Waals surface area contributed by atoms with Gasteiger partial charge in [-0.3, -0.25) is 0 Å². The number of nitrogens with one attached hydrogen (secondary N) is 1. The standard InChI is InChI=1S/C22H24ClN5O4/c1-22(2,3)32-21(30)28-7-6-14(11-28)31-13-4-5-17-15(8-13)20(26-12-25-17)27-19-9-16(23)18(29)10-24-19/h4-5,8-10,12,14,29H,6-7,11H2,1-3H3,(H,24,25,26,27)/t14-/m0/s1. The van der Waals surface area contributed by atoms with E-state index in [4.69, 9.17) is 21.1 Å². The average molecular weight is 458 g/mol. The molecule has 10 heteroatoms. The molecule has 1 saturated heterocycles. The number of carbonyl (C=O) groups is 1. The second kappa shape index (κ2) is 8.66. The number of benzene rings is 1. The van der Waals surface area contributed by atoms with Gasteiger partial charge in [0.05, 0.1) is 23.3 Å². The minimum Gasteiger partial charge on any atom is -0.505 e. The van der Waals surface area contributed by atoms with E-state index in [9.17, 15) is 9.90 Å². The SMILES string of the molecule is CC(C)(C)OC(=O)N1CC[C@H](Oc2ccc3ncnc(Nc4cc(Cl)c(O)cn4)c3c2)C1. The molecule has 32 heavy (non-hydrogen) atoms. The number of anilines is 2. The fourth-order valence-corrected chi connectivity index (χ4v) is 3.48. The number of hydrogen-bond acceptors (Lipinski definition) is 8. The maximum absolute atomic E-state index is 12.3. The number of halogens is 1. The molecule has 0 saturated carbocycles. The highest BCUT2D eigenvalue weighted by molar-refractivity contribution is 6.32. The van der Waals surface area contributed by atoms with Gasteiger partial charge in [-0.15, -0.1) is 0 Å². The Morgan fingerprint density at radius 2 is 2.06 bits per heavy atom. The van der Waals surface area contributed by atoms with Crippen LogP contribution in [0.25, 0.3) is 10.9 Å². The Balaban J connectivity index is 1.49. The number of aromatic nitrogens is 3. The van der Waals surface area contributed by atoms with Gasteiger partial charge in [0, 0.05) is 24.4 Å². The van der Waals surface area contributed by atoms with E-state index < -0.39 is 5.60 Å². The van der Waals surface area contributed by atoms with E-state index in [-0.39, 0.29) is 23.0 Å². The molecule has 0 unspecified atom stereocenters. The summed E-state index contributed by atoms with van der Waals surface area (Å²) in [5.41, 5.74) is 0.190. The number of ether oxygens (including phenoxy) is 2. The molecule has 4 rings (SSSR count). The molecule has 9 nitrogen and oxygen atoms in total. The molecule has 1 fully saturated rings. The lowest BCUT2D eigenvalue weighted by molar-refractivity contribution is 0.0275. The number of aromatic hydroxyl groups is 1. The first-order chi connectivity index (χ1) is 15.2. The van der Waals surface area contributed by atoms with Crippen molar-refractivity contribution >= 4 is 40.2 Å². The van der Waals surface area contributed by atoms with Gasteiger partial charge in [0.2, 0.25) is 0 Å². The van der Waals surface area contributed by atoms with Crippen molar-refractivity contribution in [2.24, 2.45) is 0 Å². The molecular formula is C22H24ClN5O4. The van der Waals surface area contributed by atoms with Crippen molar-refractivity contribution in [3.63, 3.8) is 0 Å². The number of likely N-dealkylation sites (tertiary alicyclic amines) is 1. The van der Waals surface area contributed by atoms with E-state index >= 15 is 0 Å². The molecule has 2 aromatic heterocycles. The van der Waals surface area contributed by atoms with E-state index in [0.29, 0.717) is 36.9 Å². The Kier molecular flexibility index (Phi) is 5.92. The van der Waals surface area contributed by atoms with Crippen molar-refractivity contribution in [1.82, 2.24) is 19.9 Å². The fourth-order valence-electron chi connectivity index (χ4n) is 3.33. The predicted molar refractivity (Wildman–Crippen MR) is 121 cm³/mol. The normalized spacial score (nSPS) is 16.2. The van der Waals surface area contributed by atoms with E-state index in [2.05, 4.69) is 20.3 Å². The van der Waals surface area contributed by atoms with Crippen LogP contribution in [0.5, 0.6) is 11.5 Å². The highest BCUT2D eigenvalue weighted by Gasteiger charge is 2.31. The van der Waals surface area contributed by atoms with Crippen molar-refractivity contribution in [2.75, 3.05) is 18.4 Å². The number of amides is 1. The molecule has 1 amide bonds. The second-order valence-corrected chi connectivity index (χ2v) is 8.91. The molecule has 3 aromatic rings. The number of carbonyl (C=O) groups excluding carboxylic acids is 1. The van der Waals surface area contributed by atoms with Gasteiger partial charge in [0.25, 0.3) is 0 Å². The first-order valence-electron chi connectivity index (χ1n) is 10.2. The van der Waals surface area contributed by atoms with Gasteiger partial charge in [0.1, 0.15) is 35.4 Å². The Bertz CT molecular complexity index is 1150. The molecule has 168 valence electrons. The lowest BCUT2D eigenvalue weighted by Crippen LogP contribution is -2.36. The van der Waals surface area contributed by atoms with Crippen molar-refractivity contribution in [2.45, 2.75) is 38.9 Å². The summed E-state index contributed by atoms with van der Waals surface area (Å²) in [6.07, 6.45) is 2.95. The van der Waals surface area contributed by atoms with Gasteiger partial charge in [0.15, 0.2) is 5.75 Å². The van der Waals surface area contributed by atoms with Gasteiger partial charge in [-0.2, -0.15) is 0 Å². The number of rotatable bonds is 4. The maximum Gasteiger partial charge on any atom is 0.410 e. The van der Waals surface area contributed by atoms with Crippen LogP contribution in [0.4, 0.5) is 16.4 Å². The third-order valence-corrected chi connectivity index (χ3v) is 5.09. The summed E-state index contributed by atoms with van der Waals surface area (Å²) in [4.78, 5) is 26.7. The predicted octanol–water partition coefficient (Wildman–Crippen LogP) is 4.52. The lowest BCUT2D eigenvalue weighted by atomic mass is 10.2. The van der Waals surface area contributed by atoms with Crippen LogP contribution >= 0.6 is 11.6 Å². The van der Waals surface area contributed by atoms with Crippen LogP contribution in [-0.4, -0.2) is 55.8 Å². The molecule has 1 aliphatic rings. The third kappa shape index (κ3) is 5.11. The van der Waals surface area contributed by atoms with Crippen molar-refractivity contribution in [1.29, 1.82) is 0 Å². The molecular weight excluding hydrogens is 434 g/mol. The van der Waals surface area contributed by atoms with Crippen LogP contribution in [0.1, 0.15) is 27.2 Å². The first kappa shape index (κ1) is 21.9. The number of hydrogen-bond donors (Lipinski definition) is 2. The first-order valence-corrected chi connectivity index (χ1v) is 10.6. The van der Waals surface area contributed by atoms with Crippen LogP contribution < -0.4 is 10.1 Å². The molecule has 1 aromatic carbocycles. The van der Waals surface area contributed by atoms with E-state index in [1.54, 1.807) is 4.90 Å². The van der Waals surface area contributed by atoms with E-state index in [1.165, 1.54) is 18.6 Å². The second-order valence-electron chi connectivity index (χ2n) is 8.50. The molecule has 1 aliphatic heterocycles. The maximum atomic E-state index is 12.3. The van der Waals surface area contributed by atoms with Gasteiger partial charge in [-0.25, -0.2) is 19.7 Å². The van der Waals surface area contributed by atoms with Crippen molar-refractivity contribution in [3.05, 3.63) is 41.8 Å². The zero-order valence-electron chi connectivity index (χ0n) is 18.0. The monoisotopic (exact) mass is 457 g/mol. The molecule has 0 bridgehead atoms. The number of pyridine rings is 1. The third-order valence-electron chi connectivity index (χ3n) is 4.79. The Morgan fingerprint density at radius 1 is 1.25 bits per heavy atom. The highest BCUT2D eigenvalue weighted by atomic mass is 35.5. The largest absolute Gasteiger partial charge is 0.505 e. The highest BCUT2D eigenvalue weighted by Crippen LogP contribution is 2.30. The summed E-state index contributed by atoms with van der Waals surface area (Å²) in [6.45, 7) is 6.58. The minimum atomic E-state index is -0.533. The zero-order chi connectivity index (χ0) is 22.9. The zero-order valence-corrected chi connectivity index (χ0v) is 18.8. The summed E-state index contributed by atoms with van der Waals surface area (Å²) in [7, 11) is 0. The molecule has 0 spiro atoms. The molecule has 3 heterocycles. The summed E-state index contributed by atoms with van der Waals surface area (Å²) >= 11 is 5.97. The van der Waals surface area contributed by atoms with Crippen LogP contribution in [0.2, 0.25) is 5.02 Å². The van der Waals surface area contributed by atoms with E-state index in [0.717, 1.165) is 10.9 Å². The summed E-state index contributed by atoms with van der Waals surface area (Å²) in [6, 6.07) is 7.03. The Labute approximate surface area is 190 Å². The van der Waals surface area contributed by atoms with Gasteiger partial charge >= 0.3 is 6.09 Å². The van der Waals surface area contributed by atoms with Crippen LogP contribution in [0.3, 0.4) is 0 Å². The Hall–Kier alpha value is -3.33. The fraction of sp³-hybridized carbons (Fsp3) is 0.364. The lowest BCUT2D eigenvalue weighted by Gasteiger charge is -2.24. The molecule has 0 aliphatic carbocycles. The van der Waals surface area contributed by atoms with Crippen LogP contribution in [0, 0.1) is 0 Å². The van der Waals surface area contributed by atoms with Crippen molar-refractivity contribution < 1.29 is 19.4 Å². The molecule has 1 atom stereocenters. The quantitative estimate of drug-likeness (QED) is 0.588. The van der Waals surface area contributed by atoms with E-state index in [1.807, 2.05) is 39.0 Å². The molecule has 2 N–H and O–H groups in total. The van der Waals surface area contributed by atoms with Gasteiger partial charge < -0.3 is 24.8 Å². The summed E-state index contributed by atoms with van der Waals surface area (Å²) in [5, 5.41) is 13.6. The summed E-state index contributed by atoms with van der Waals surface area (Å²) in [5.74, 6) is 1.50. The topological polar surface area (TPSA) is 110 Å². The minimum absolute atomic E-state index is 0.0996.